The third-order valence-corrected chi connectivity index (χ3v) is 3.50. The van der Waals surface area contributed by atoms with E-state index in [4.69, 9.17) is 21.5 Å². The Kier molecular flexibility index (Phi) is 4.26. The zero-order chi connectivity index (χ0) is 12.3. The molecule has 0 atom stereocenters. The van der Waals surface area contributed by atoms with Crippen molar-refractivity contribution in [1.82, 2.24) is 5.48 Å². The van der Waals surface area contributed by atoms with Crippen LogP contribution >= 0.6 is 11.6 Å². The van der Waals surface area contributed by atoms with Crippen molar-refractivity contribution < 1.29 is 9.94 Å². The Morgan fingerprint density at radius 1 is 1.47 bits per heavy atom. The van der Waals surface area contributed by atoms with Crippen LogP contribution in [0.25, 0.3) is 0 Å². The van der Waals surface area contributed by atoms with Gasteiger partial charge in [-0.05, 0) is 37.3 Å². The minimum Gasteiger partial charge on any atom is -0.491 e. The minimum absolute atomic E-state index is 0.349. The van der Waals surface area contributed by atoms with Crippen LogP contribution in [0.2, 0.25) is 5.02 Å². The maximum Gasteiger partial charge on any atom is 0.142 e. The van der Waals surface area contributed by atoms with E-state index in [0.29, 0.717) is 23.2 Å². The summed E-state index contributed by atoms with van der Waals surface area (Å²) >= 11 is 6.18. The van der Waals surface area contributed by atoms with Crippen molar-refractivity contribution in [1.29, 1.82) is 0 Å². The van der Waals surface area contributed by atoms with Crippen LogP contribution in [-0.4, -0.2) is 11.8 Å². The van der Waals surface area contributed by atoms with E-state index in [2.05, 4.69) is 5.48 Å². The van der Waals surface area contributed by atoms with Gasteiger partial charge in [0.1, 0.15) is 5.75 Å². The van der Waals surface area contributed by atoms with Crippen LogP contribution in [0.5, 0.6) is 5.75 Å². The van der Waals surface area contributed by atoms with Gasteiger partial charge in [-0.1, -0.05) is 24.1 Å². The summed E-state index contributed by atoms with van der Waals surface area (Å²) in [5, 5.41) is 9.43. The van der Waals surface area contributed by atoms with E-state index >= 15 is 0 Å². The molecular formula is C13H18ClNO2. The Bertz CT molecular complexity index is 391. The molecule has 0 aliphatic heterocycles. The van der Waals surface area contributed by atoms with Crippen LogP contribution in [0.4, 0.5) is 0 Å². The van der Waals surface area contributed by atoms with Gasteiger partial charge in [0.05, 0.1) is 11.6 Å². The molecule has 0 bridgehead atoms. The van der Waals surface area contributed by atoms with Crippen LogP contribution in [0.15, 0.2) is 12.1 Å². The molecule has 2 N–H and O–H groups in total. The highest BCUT2D eigenvalue weighted by atomic mass is 35.5. The quantitative estimate of drug-likeness (QED) is 0.794. The van der Waals surface area contributed by atoms with E-state index in [1.807, 2.05) is 19.1 Å². The molecule has 1 fully saturated rings. The molecule has 1 aromatic rings. The second-order valence-corrected chi connectivity index (χ2v) is 5.09. The topological polar surface area (TPSA) is 41.5 Å². The monoisotopic (exact) mass is 255 g/mol. The smallest absolute Gasteiger partial charge is 0.142 e. The molecule has 0 aromatic heterocycles. The highest BCUT2D eigenvalue weighted by Gasteiger charge is 2.19. The van der Waals surface area contributed by atoms with Crippen molar-refractivity contribution in [2.45, 2.75) is 32.7 Å². The number of rotatable bonds is 5. The molecule has 0 saturated heterocycles. The van der Waals surface area contributed by atoms with E-state index in [9.17, 15) is 0 Å². The molecule has 0 amide bonds. The van der Waals surface area contributed by atoms with Gasteiger partial charge in [0, 0.05) is 12.1 Å². The lowest BCUT2D eigenvalue weighted by atomic mass is 9.86. The van der Waals surface area contributed by atoms with Crippen molar-refractivity contribution in [2.24, 2.45) is 5.92 Å². The molecule has 17 heavy (non-hydrogen) atoms. The van der Waals surface area contributed by atoms with Crippen LogP contribution < -0.4 is 10.2 Å². The molecule has 0 unspecified atom stereocenters. The lowest BCUT2D eigenvalue weighted by molar-refractivity contribution is 0.155. The maximum absolute atomic E-state index is 8.81. The average Bonchev–Trinajstić information content (AvgIpc) is 2.19. The van der Waals surface area contributed by atoms with E-state index in [1.165, 1.54) is 19.3 Å². The molecule has 1 saturated carbocycles. The van der Waals surface area contributed by atoms with Gasteiger partial charge >= 0.3 is 0 Å². The molecule has 0 radical (unpaired) electrons. The van der Waals surface area contributed by atoms with Gasteiger partial charge in [-0.15, -0.1) is 0 Å². The van der Waals surface area contributed by atoms with Crippen molar-refractivity contribution in [3.8, 4) is 5.75 Å². The number of aryl methyl sites for hydroxylation is 1. The highest BCUT2D eigenvalue weighted by molar-refractivity contribution is 6.32. The Hall–Kier alpha value is -0.770. The van der Waals surface area contributed by atoms with Crippen molar-refractivity contribution in [3.05, 3.63) is 28.3 Å². The zero-order valence-electron chi connectivity index (χ0n) is 10.0. The van der Waals surface area contributed by atoms with Crippen LogP contribution in [0.1, 0.15) is 30.4 Å². The second-order valence-electron chi connectivity index (χ2n) is 4.68. The highest BCUT2D eigenvalue weighted by Crippen LogP contribution is 2.33. The van der Waals surface area contributed by atoms with Crippen LogP contribution in [0.3, 0.4) is 0 Å². The SMILES string of the molecule is Cc1cc(Cl)c(OCC2CCC2)c(CNO)c1. The summed E-state index contributed by atoms with van der Waals surface area (Å²) < 4.78 is 5.80. The summed E-state index contributed by atoms with van der Waals surface area (Å²) in [6, 6.07) is 3.86. The average molecular weight is 256 g/mol. The Labute approximate surface area is 107 Å². The zero-order valence-corrected chi connectivity index (χ0v) is 10.8. The molecular weight excluding hydrogens is 238 g/mol. The number of nitrogens with one attached hydrogen (secondary N) is 1. The number of benzene rings is 1. The van der Waals surface area contributed by atoms with E-state index < -0.39 is 0 Å². The summed E-state index contributed by atoms with van der Waals surface area (Å²) in [5.41, 5.74) is 4.12. The van der Waals surface area contributed by atoms with Gasteiger partial charge in [-0.25, -0.2) is 5.48 Å². The first-order valence-electron chi connectivity index (χ1n) is 5.99. The summed E-state index contributed by atoms with van der Waals surface area (Å²) in [6.45, 7) is 3.05. The fraction of sp³-hybridized carbons (Fsp3) is 0.538. The van der Waals surface area contributed by atoms with Crippen molar-refractivity contribution >= 4 is 11.6 Å². The van der Waals surface area contributed by atoms with Gasteiger partial charge in [0.15, 0.2) is 0 Å². The Morgan fingerprint density at radius 3 is 2.82 bits per heavy atom. The van der Waals surface area contributed by atoms with E-state index in [-0.39, 0.29) is 0 Å². The summed E-state index contributed by atoms with van der Waals surface area (Å²) in [5.74, 6) is 1.37. The van der Waals surface area contributed by atoms with E-state index in [1.54, 1.807) is 0 Å². The number of hydroxylamine groups is 1. The lowest BCUT2D eigenvalue weighted by Gasteiger charge is -2.26. The molecule has 0 heterocycles. The molecule has 94 valence electrons. The normalized spacial score (nSPS) is 15.7. The summed E-state index contributed by atoms with van der Waals surface area (Å²) in [4.78, 5) is 0. The predicted octanol–water partition coefficient (Wildman–Crippen LogP) is 3.31. The standard InChI is InChI=1S/C13H18ClNO2/c1-9-5-11(7-15-16)13(12(14)6-9)17-8-10-3-2-4-10/h5-6,10,15-16H,2-4,7-8H2,1H3. The lowest BCUT2D eigenvalue weighted by Crippen LogP contribution is -2.20. The first-order valence-corrected chi connectivity index (χ1v) is 6.37. The fourth-order valence-electron chi connectivity index (χ4n) is 2.04. The number of hydrogen-bond acceptors (Lipinski definition) is 3. The third kappa shape index (κ3) is 3.12. The van der Waals surface area contributed by atoms with Gasteiger partial charge in [-0.2, -0.15) is 0 Å². The van der Waals surface area contributed by atoms with Crippen molar-refractivity contribution in [2.75, 3.05) is 6.61 Å². The fourth-order valence-corrected chi connectivity index (χ4v) is 2.39. The van der Waals surface area contributed by atoms with Gasteiger partial charge < -0.3 is 9.94 Å². The van der Waals surface area contributed by atoms with Gasteiger partial charge in [-0.3, -0.25) is 0 Å². The predicted molar refractivity (Wildman–Crippen MR) is 67.7 cm³/mol. The molecule has 1 aromatic carbocycles. The Morgan fingerprint density at radius 2 is 2.24 bits per heavy atom. The minimum atomic E-state index is 0.349. The number of halogens is 1. The molecule has 3 nitrogen and oxygen atoms in total. The number of ether oxygens (including phenoxy) is 1. The maximum atomic E-state index is 8.81. The summed E-state index contributed by atoms with van der Waals surface area (Å²) in [7, 11) is 0. The van der Waals surface area contributed by atoms with E-state index in [0.717, 1.165) is 17.7 Å². The largest absolute Gasteiger partial charge is 0.491 e. The summed E-state index contributed by atoms with van der Waals surface area (Å²) in [6.07, 6.45) is 3.80. The molecule has 4 heteroatoms. The van der Waals surface area contributed by atoms with Crippen molar-refractivity contribution in [3.63, 3.8) is 0 Å². The van der Waals surface area contributed by atoms with Gasteiger partial charge in [0.2, 0.25) is 0 Å². The number of hydrogen-bond donors (Lipinski definition) is 2. The van der Waals surface area contributed by atoms with Crippen LogP contribution in [-0.2, 0) is 6.54 Å². The molecule has 1 aliphatic carbocycles. The molecule has 2 rings (SSSR count). The molecule has 0 spiro atoms. The van der Waals surface area contributed by atoms with Gasteiger partial charge in [0.25, 0.3) is 0 Å². The first-order chi connectivity index (χ1) is 8.20. The Balaban J connectivity index is 2.11. The second kappa shape index (κ2) is 5.71. The first kappa shape index (κ1) is 12.7. The van der Waals surface area contributed by atoms with Crippen LogP contribution in [0, 0.1) is 12.8 Å². The molecule has 1 aliphatic rings. The third-order valence-electron chi connectivity index (χ3n) is 3.22.